The molecule has 0 bridgehead atoms. The molecule has 3 nitrogen and oxygen atoms in total. The third kappa shape index (κ3) is 2.75. The van der Waals surface area contributed by atoms with Crippen molar-refractivity contribution in [2.24, 2.45) is 0 Å². The Labute approximate surface area is 101 Å². The Morgan fingerprint density at radius 3 is 2.65 bits per heavy atom. The van der Waals surface area contributed by atoms with Crippen molar-refractivity contribution in [3.63, 3.8) is 0 Å². The minimum atomic E-state index is 0.0288. The molecule has 0 spiro atoms. The summed E-state index contributed by atoms with van der Waals surface area (Å²) in [6.07, 6.45) is 4.48. The Balaban J connectivity index is 2.20. The maximum absolute atomic E-state index is 12.1. The molecule has 0 aromatic carbocycles. The monoisotopic (exact) mass is 226 g/mol. The first-order valence-corrected chi connectivity index (χ1v) is 5.68. The number of Topliss-reactive ketones (excluding diaryl/α,β-unsaturated/α-hetero) is 1. The zero-order valence-electron chi connectivity index (χ0n) is 9.76. The topological polar surface area (TPSA) is 42.9 Å². The van der Waals surface area contributed by atoms with Crippen LogP contribution < -0.4 is 0 Å². The van der Waals surface area contributed by atoms with Gasteiger partial charge in [0.15, 0.2) is 5.78 Å². The number of aryl methyl sites for hydroxylation is 1. The molecule has 2 heterocycles. The van der Waals surface area contributed by atoms with E-state index >= 15 is 0 Å². The summed E-state index contributed by atoms with van der Waals surface area (Å²) in [7, 11) is 0. The van der Waals surface area contributed by atoms with Gasteiger partial charge >= 0.3 is 0 Å². The van der Waals surface area contributed by atoms with E-state index in [0.717, 1.165) is 17.7 Å². The van der Waals surface area contributed by atoms with Gasteiger partial charge in [0.1, 0.15) is 5.69 Å². The molecule has 86 valence electrons. The van der Waals surface area contributed by atoms with Crippen LogP contribution in [0.15, 0.2) is 42.7 Å². The van der Waals surface area contributed by atoms with Gasteiger partial charge in [0, 0.05) is 18.1 Å². The van der Waals surface area contributed by atoms with Gasteiger partial charge in [-0.25, -0.2) is 0 Å². The molecule has 17 heavy (non-hydrogen) atoms. The number of nitrogens with zero attached hydrogens (tertiary/aromatic N) is 2. The molecule has 0 saturated heterocycles. The maximum atomic E-state index is 12.1. The third-order valence-corrected chi connectivity index (χ3v) is 2.60. The van der Waals surface area contributed by atoms with Crippen LogP contribution in [0.4, 0.5) is 0 Å². The molecule has 0 aliphatic carbocycles. The van der Waals surface area contributed by atoms with Gasteiger partial charge in [-0.05, 0) is 30.2 Å². The van der Waals surface area contributed by atoms with Crippen LogP contribution in [-0.2, 0) is 12.8 Å². The number of rotatable bonds is 4. The number of hydrogen-bond donors (Lipinski definition) is 0. The zero-order chi connectivity index (χ0) is 12.1. The summed E-state index contributed by atoms with van der Waals surface area (Å²) in [5.41, 5.74) is 2.35. The van der Waals surface area contributed by atoms with Crippen molar-refractivity contribution in [1.29, 1.82) is 0 Å². The van der Waals surface area contributed by atoms with Gasteiger partial charge in [-0.2, -0.15) is 0 Å². The Morgan fingerprint density at radius 2 is 1.94 bits per heavy atom. The van der Waals surface area contributed by atoms with Gasteiger partial charge in [0.05, 0.1) is 6.42 Å². The van der Waals surface area contributed by atoms with Crippen LogP contribution in [0, 0.1) is 0 Å². The Bertz CT molecular complexity index is 509. The summed E-state index contributed by atoms with van der Waals surface area (Å²) in [5.74, 6) is 0.0288. The van der Waals surface area contributed by atoms with Crippen molar-refractivity contribution in [2.45, 2.75) is 19.8 Å². The lowest BCUT2D eigenvalue weighted by Gasteiger charge is -2.04. The lowest BCUT2D eigenvalue weighted by atomic mass is 10.0. The van der Waals surface area contributed by atoms with E-state index in [0.29, 0.717) is 12.1 Å². The highest BCUT2D eigenvalue weighted by molar-refractivity contribution is 5.96. The highest BCUT2D eigenvalue weighted by atomic mass is 16.1. The van der Waals surface area contributed by atoms with Crippen LogP contribution in [0.1, 0.15) is 28.7 Å². The van der Waals surface area contributed by atoms with Gasteiger partial charge in [-0.15, -0.1) is 0 Å². The summed E-state index contributed by atoms with van der Waals surface area (Å²) < 4.78 is 0. The van der Waals surface area contributed by atoms with E-state index in [9.17, 15) is 4.79 Å². The summed E-state index contributed by atoms with van der Waals surface area (Å²) in [4.78, 5) is 20.4. The average Bonchev–Trinajstić information content (AvgIpc) is 2.40. The Kier molecular flexibility index (Phi) is 3.60. The maximum Gasteiger partial charge on any atom is 0.187 e. The fraction of sp³-hybridized carbons (Fsp3) is 0.214. The predicted molar refractivity (Wildman–Crippen MR) is 65.9 cm³/mol. The van der Waals surface area contributed by atoms with E-state index in [1.54, 1.807) is 12.4 Å². The van der Waals surface area contributed by atoms with Gasteiger partial charge in [0.25, 0.3) is 0 Å². The van der Waals surface area contributed by atoms with E-state index in [2.05, 4.69) is 9.97 Å². The van der Waals surface area contributed by atoms with E-state index in [-0.39, 0.29) is 5.78 Å². The quantitative estimate of drug-likeness (QED) is 0.752. The van der Waals surface area contributed by atoms with E-state index in [1.165, 1.54) is 0 Å². The molecule has 2 aromatic heterocycles. The second kappa shape index (κ2) is 5.34. The van der Waals surface area contributed by atoms with Crippen molar-refractivity contribution in [2.75, 3.05) is 0 Å². The molecule has 0 atom stereocenters. The highest BCUT2D eigenvalue weighted by Gasteiger charge is 2.12. The molecule has 0 amide bonds. The summed E-state index contributed by atoms with van der Waals surface area (Å²) in [5, 5.41) is 0. The molecular formula is C14H14N2O. The highest BCUT2D eigenvalue weighted by Crippen LogP contribution is 2.09. The predicted octanol–water partition coefficient (Wildman–Crippen LogP) is 2.46. The number of carbonyl (C=O) groups excluding carboxylic acids is 1. The van der Waals surface area contributed by atoms with Gasteiger partial charge < -0.3 is 0 Å². The molecule has 0 aliphatic heterocycles. The molecular weight excluding hydrogens is 212 g/mol. The van der Waals surface area contributed by atoms with Crippen LogP contribution >= 0.6 is 0 Å². The number of carbonyl (C=O) groups is 1. The van der Waals surface area contributed by atoms with Crippen molar-refractivity contribution >= 4 is 5.78 Å². The Hall–Kier alpha value is -2.03. The standard InChI is InChI=1S/C14H14N2O/c1-2-11-6-5-9-16-14(11)13(17)10-12-7-3-4-8-15-12/h3-9H,2,10H2,1H3. The molecule has 0 unspecified atom stereocenters. The minimum Gasteiger partial charge on any atom is -0.292 e. The first-order chi connectivity index (χ1) is 8.31. The molecule has 0 N–H and O–H groups in total. The van der Waals surface area contributed by atoms with E-state index < -0.39 is 0 Å². The van der Waals surface area contributed by atoms with Crippen molar-refractivity contribution in [3.8, 4) is 0 Å². The van der Waals surface area contributed by atoms with Crippen LogP contribution in [0.2, 0.25) is 0 Å². The SMILES string of the molecule is CCc1cccnc1C(=O)Cc1ccccn1. The lowest BCUT2D eigenvalue weighted by molar-refractivity contribution is 0.0986. The number of ketones is 1. The molecule has 0 aliphatic rings. The van der Waals surface area contributed by atoms with Crippen molar-refractivity contribution < 1.29 is 4.79 Å². The fourth-order valence-electron chi connectivity index (χ4n) is 1.73. The Morgan fingerprint density at radius 1 is 1.12 bits per heavy atom. The molecule has 2 aromatic rings. The van der Waals surface area contributed by atoms with Crippen LogP contribution in [0.25, 0.3) is 0 Å². The van der Waals surface area contributed by atoms with Crippen LogP contribution in [0.3, 0.4) is 0 Å². The zero-order valence-corrected chi connectivity index (χ0v) is 9.76. The smallest absolute Gasteiger partial charge is 0.187 e. The van der Waals surface area contributed by atoms with Crippen molar-refractivity contribution in [3.05, 3.63) is 59.7 Å². The summed E-state index contributed by atoms with van der Waals surface area (Å²) in [6, 6.07) is 9.38. The minimum absolute atomic E-state index is 0.0288. The normalized spacial score (nSPS) is 10.2. The summed E-state index contributed by atoms with van der Waals surface area (Å²) in [6.45, 7) is 2.02. The molecule has 2 rings (SSSR count). The van der Waals surface area contributed by atoms with Crippen LogP contribution in [-0.4, -0.2) is 15.8 Å². The van der Waals surface area contributed by atoms with Gasteiger partial charge in [-0.3, -0.25) is 14.8 Å². The number of pyridine rings is 2. The molecule has 3 heteroatoms. The first-order valence-electron chi connectivity index (χ1n) is 5.68. The number of hydrogen-bond acceptors (Lipinski definition) is 3. The molecule has 0 saturated carbocycles. The van der Waals surface area contributed by atoms with Crippen LogP contribution in [0.5, 0.6) is 0 Å². The lowest BCUT2D eigenvalue weighted by Crippen LogP contribution is -2.10. The van der Waals surface area contributed by atoms with Crippen molar-refractivity contribution in [1.82, 2.24) is 9.97 Å². The fourth-order valence-corrected chi connectivity index (χ4v) is 1.73. The molecule has 0 fully saturated rings. The average molecular weight is 226 g/mol. The van der Waals surface area contributed by atoms with Gasteiger partial charge in [0.2, 0.25) is 0 Å². The summed E-state index contributed by atoms with van der Waals surface area (Å²) >= 11 is 0. The second-order valence-electron chi connectivity index (χ2n) is 3.79. The van der Waals surface area contributed by atoms with E-state index in [4.69, 9.17) is 0 Å². The first kappa shape index (κ1) is 11.5. The van der Waals surface area contributed by atoms with Gasteiger partial charge in [-0.1, -0.05) is 19.1 Å². The number of aromatic nitrogens is 2. The van der Waals surface area contributed by atoms with E-state index in [1.807, 2.05) is 37.3 Å². The second-order valence-corrected chi connectivity index (χ2v) is 3.79. The largest absolute Gasteiger partial charge is 0.292 e. The third-order valence-electron chi connectivity index (χ3n) is 2.60. The molecule has 0 radical (unpaired) electrons.